The number of rotatable bonds is 7. The van der Waals surface area contributed by atoms with Crippen LogP contribution in [0.5, 0.6) is 0 Å². The molecule has 1 atom stereocenters. The number of aromatic nitrogens is 1. The molecular weight excluding hydrogens is 398 g/mol. The lowest BCUT2D eigenvalue weighted by Gasteiger charge is -2.19. The number of anilines is 1. The monoisotopic (exact) mass is 417 g/mol. The Morgan fingerprint density at radius 1 is 1.00 bits per heavy atom. The summed E-state index contributed by atoms with van der Waals surface area (Å²) in [5.74, 6) is -0.691. The molecule has 1 amide bonds. The van der Waals surface area contributed by atoms with Crippen LogP contribution in [-0.2, 0) is 11.2 Å². The molecule has 0 fully saturated rings. The normalized spacial score (nSPS) is 11.9. The molecule has 0 aliphatic heterocycles. The molecule has 3 aromatic carbocycles. The summed E-state index contributed by atoms with van der Waals surface area (Å²) in [6.07, 6.45) is 2.25. The Kier molecular flexibility index (Phi) is 5.55. The number of aromatic amines is 1. The number of hydrogen-bond donors (Lipinski definition) is 3. The standard InChI is InChI=1S/C24H20ClN3O2/c25-17-10-11-21(19(13-17)23(29)15-6-2-1-3-7-15)28-22(24(26)30)12-16-14-27-20-9-5-4-8-18(16)20/h1-11,13-14,22,27-28H,12H2,(H2,26,30). The fraction of sp³-hybridized carbons (Fsp3) is 0.0833. The van der Waals surface area contributed by atoms with E-state index in [1.165, 1.54) is 0 Å². The van der Waals surface area contributed by atoms with Crippen molar-refractivity contribution in [1.82, 2.24) is 4.98 Å². The van der Waals surface area contributed by atoms with E-state index in [4.69, 9.17) is 17.3 Å². The number of nitrogens with two attached hydrogens (primary N) is 1. The van der Waals surface area contributed by atoms with Crippen LogP contribution in [0.2, 0.25) is 5.02 Å². The number of nitrogens with one attached hydrogen (secondary N) is 2. The van der Waals surface area contributed by atoms with Gasteiger partial charge in [-0.05, 0) is 29.8 Å². The average Bonchev–Trinajstić information content (AvgIpc) is 3.17. The summed E-state index contributed by atoms with van der Waals surface area (Å²) < 4.78 is 0. The highest BCUT2D eigenvalue weighted by atomic mass is 35.5. The third-order valence-corrected chi connectivity index (χ3v) is 5.27. The number of amides is 1. The lowest BCUT2D eigenvalue weighted by molar-refractivity contribution is -0.118. The van der Waals surface area contributed by atoms with E-state index in [1.54, 1.807) is 42.5 Å². The number of hydrogen-bond acceptors (Lipinski definition) is 3. The molecule has 0 bridgehead atoms. The van der Waals surface area contributed by atoms with Crippen LogP contribution >= 0.6 is 11.6 Å². The molecule has 0 spiro atoms. The van der Waals surface area contributed by atoms with Gasteiger partial charge >= 0.3 is 0 Å². The Morgan fingerprint density at radius 3 is 2.50 bits per heavy atom. The Morgan fingerprint density at radius 2 is 1.73 bits per heavy atom. The first-order valence-electron chi connectivity index (χ1n) is 9.53. The number of fused-ring (bicyclic) bond motifs is 1. The van der Waals surface area contributed by atoms with Gasteiger partial charge in [-0.25, -0.2) is 0 Å². The van der Waals surface area contributed by atoms with E-state index in [0.29, 0.717) is 28.3 Å². The maximum Gasteiger partial charge on any atom is 0.240 e. The molecule has 5 nitrogen and oxygen atoms in total. The van der Waals surface area contributed by atoms with Gasteiger partial charge in [-0.15, -0.1) is 0 Å². The van der Waals surface area contributed by atoms with Crippen molar-refractivity contribution in [2.24, 2.45) is 5.73 Å². The van der Waals surface area contributed by atoms with Gasteiger partial charge in [-0.2, -0.15) is 0 Å². The summed E-state index contributed by atoms with van der Waals surface area (Å²) in [7, 11) is 0. The van der Waals surface area contributed by atoms with Crippen molar-refractivity contribution < 1.29 is 9.59 Å². The summed E-state index contributed by atoms with van der Waals surface area (Å²) in [4.78, 5) is 28.5. The van der Waals surface area contributed by atoms with Gasteiger partial charge in [0, 0.05) is 45.4 Å². The maximum atomic E-state index is 13.0. The molecule has 0 radical (unpaired) electrons. The highest BCUT2D eigenvalue weighted by molar-refractivity contribution is 6.31. The van der Waals surface area contributed by atoms with Gasteiger partial charge in [0.15, 0.2) is 5.78 Å². The van der Waals surface area contributed by atoms with Gasteiger partial charge in [-0.3, -0.25) is 9.59 Å². The molecule has 1 heterocycles. The molecule has 6 heteroatoms. The zero-order chi connectivity index (χ0) is 21.1. The van der Waals surface area contributed by atoms with E-state index in [0.717, 1.165) is 16.5 Å². The largest absolute Gasteiger partial charge is 0.373 e. The van der Waals surface area contributed by atoms with E-state index >= 15 is 0 Å². The molecule has 1 unspecified atom stereocenters. The van der Waals surface area contributed by atoms with Crippen LogP contribution in [0.25, 0.3) is 10.9 Å². The molecule has 1 aromatic heterocycles. The van der Waals surface area contributed by atoms with Crippen molar-refractivity contribution in [1.29, 1.82) is 0 Å². The SMILES string of the molecule is NC(=O)C(Cc1c[nH]c2ccccc12)Nc1ccc(Cl)cc1C(=O)c1ccccc1. The molecule has 0 aliphatic carbocycles. The number of carbonyl (C=O) groups excluding carboxylic acids is 2. The predicted molar refractivity (Wildman–Crippen MR) is 120 cm³/mol. The number of carbonyl (C=O) groups is 2. The Bertz CT molecular complexity index is 1220. The minimum absolute atomic E-state index is 0.184. The topological polar surface area (TPSA) is 88.0 Å². The number of benzene rings is 3. The molecular formula is C24H20ClN3O2. The molecule has 4 rings (SSSR count). The van der Waals surface area contributed by atoms with Crippen molar-refractivity contribution in [2.45, 2.75) is 12.5 Å². The summed E-state index contributed by atoms with van der Waals surface area (Å²) in [5, 5.41) is 4.63. The van der Waals surface area contributed by atoms with Crippen LogP contribution in [0.15, 0.2) is 79.0 Å². The minimum atomic E-state index is -0.701. The second-order valence-corrected chi connectivity index (χ2v) is 7.48. The molecule has 30 heavy (non-hydrogen) atoms. The Labute approximate surface area is 178 Å². The maximum absolute atomic E-state index is 13.0. The third-order valence-electron chi connectivity index (χ3n) is 5.03. The van der Waals surface area contributed by atoms with E-state index in [-0.39, 0.29) is 5.78 Å². The Hall–Kier alpha value is -3.57. The van der Waals surface area contributed by atoms with Crippen molar-refractivity contribution in [3.05, 3.63) is 101 Å². The minimum Gasteiger partial charge on any atom is -0.373 e. The van der Waals surface area contributed by atoms with Crippen LogP contribution in [0.3, 0.4) is 0 Å². The number of H-pyrrole nitrogens is 1. The number of para-hydroxylation sites is 1. The van der Waals surface area contributed by atoms with Crippen molar-refractivity contribution in [2.75, 3.05) is 5.32 Å². The first-order valence-corrected chi connectivity index (χ1v) is 9.91. The first kappa shape index (κ1) is 19.7. The smallest absolute Gasteiger partial charge is 0.240 e. The van der Waals surface area contributed by atoms with Gasteiger partial charge in [0.1, 0.15) is 6.04 Å². The fourth-order valence-electron chi connectivity index (χ4n) is 3.51. The third kappa shape index (κ3) is 4.07. The van der Waals surface area contributed by atoms with Crippen LogP contribution in [0.4, 0.5) is 5.69 Å². The average molecular weight is 418 g/mol. The Balaban J connectivity index is 1.66. The summed E-state index contributed by atoms with van der Waals surface area (Å²) in [6, 6.07) is 21.1. The van der Waals surface area contributed by atoms with Gasteiger partial charge in [0.05, 0.1) is 0 Å². The molecule has 0 saturated carbocycles. The summed E-state index contributed by atoms with van der Waals surface area (Å²) >= 11 is 6.15. The highest BCUT2D eigenvalue weighted by Gasteiger charge is 2.21. The lowest BCUT2D eigenvalue weighted by Crippen LogP contribution is -2.37. The molecule has 4 N–H and O–H groups in total. The van der Waals surface area contributed by atoms with E-state index in [9.17, 15) is 9.59 Å². The zero-order valence-corrected chi connectivity index (χ0v) is 16.8. The highest BCUT2D eigenvalue weighted by Crippen LogP contribution is 2.26. The van der Waals surface area contributed by atoms with E-state index < -0.39 is 11.9 Å². The van der Waals surface area contributed by atoms with Crippen LogP contribution < -0.4 is 11.1 Å². The lowest BCUT2D eigenvalue weighted by atomic mass is 10.00. The molecule has 150 valence electrons. The number of primary amides is 1. The van der Waals surface area contributed by atoms with E-state index in [2.05, 4.69) is 10.3 Å². The fourth-order valence-corrected chi connectivity index (χ4v) is 3.68. The van der Waals surface area contributed by atoms with Crippen molar-refractivity contribution >= 4 is 39.9 Å². The quantitative estimate of drug-likeness (QED) is 0.385. The predicted octanol–water partition coefficient (Wildman–Crippen LogP) is 4.56. The molecule has 0 saturated heterocycles. The van der Waals surface area contributed by atoms with Crippen LogP contribution in [-0.4, -0.2) is 22.7 Å². The van der Waals surface area contributed by atoms with Crippen molar-refractivity contribution in [3.8, 4) is 0 Å². The van der Waals surface area contributed by atoms with Crippen LogP contribution in [0.1, 0.15) is 21.5 Å². The van der Waals surface area contributed by atoms with Crippen molar-refractivity contribution in [3.63, 3.8) is 0 Å². The summed E-state index contributed by atoms with van der Waals surface area (Å²) in [5.41, 5.74) is 9.08. The van der Waals surface area contributed by atoms with E-state index in [1.807, 2.05) is 36.5 Å². The number of ketones is 1. The van der Waals surface area contributed by atoms with Gasteiger partial charge in [0.25, 0.3) is 0 Å². The second kappa shape index (κ2) is 8.43. The zero-order valence-electron chi connectivity index (χ0n) is 16.1. The number of halogens is 1. The summed E-state index contributed by atoms with van der Waals surface area (Å²) in [6.45, 7) is 0. The molecule has 0 aliphatic rings. The van der Waals surface area contributed by atoms with Gasteiger partial charge < -0.3 is 16.0 Å². The van der Waals surface area contributed by atoms with Gasteiger partial charge in [0.2, 0.25) is 5.91 Å². The van der Waals surface area contributed by atoms with Gasteiger partial charge in [-0.1, -0.05) is 60.1 Å². The second-order valence-electron chi connectivity index (χ2n) is 7.05. The molecule has 4 aromatic rings. The van der Waals surface area contributed by atoms with Crippen LogP contribution in [0, 0.1) is 0 Å². The first-order chi connectivity index (χ1) is 14.5.